The molecule has 7 heteroatoms. The third-order valence-electron chi connectivity index (χ3n) is 2.36. The molecule has 1 unspecified atom stereocenters. The number of benzene rings is 1. The van der Waals surface area contributed by atoms with Crippen molar-refractivity contribution in [3.8, 4) is 0 Å². The summed E-state index contributed by atoms with van der Waals surface area (Å²) >= 11 is 0. The van der Waals surface area contributed by atoms with Gasteiger partial charge in [0.05, 0.1) is 14.3 Å². The highest BCUT2D eigenvalue weighted by Crippen LogP contribution is 2.49. The van der Waals surface area contributed by atoms with Gasteiger partial charge in [-0.15, -0.1) is 0 Å². The molecule has 0 saturated heterocycles. The predicted octanol–water partition coefficient (Wildman–Crippen LogP) is 3.61. The van der Waals surface area contributed by atoms with Gasteiger partial charge in [0.25, 0.3) is 0 Å². The Bertz CT molecular complexity index is 695. The molecule has 0 fully saturated rings. The third-order valence-corrected chi connectivity index (χ3v) is 3.32. The van der Waals surface area contributed by atoms with Gasteiger partial charge in [0.15, 0.2) is 0 Å². The van der Waals surface area contributed by atoms with Crippen molar-refractivity contribution in [2.45, 2.75) is 20.0 Å². The summed E-state index contributed by atoms with van der Waals surface area (Å²) in [4.78, 5) is 11.9. The molecular formula is C14H19O6P. The molecule has 0 bridgehead atoms. The number of esters is 1. The minimum atomic E-state index is -5.07. The molecule has 1 aromatic rings. The molecule has 0 aliphatic heterocycles. The van der Waals surface area contributed by atoms with Gasteiger partial charge in [-0.2, -0.15) is 0 Å². The summed E-state index contributed by atoms with van der Waals surface area (Å²) in [5.41, 5.74) is 0.722. The highest BCUT2D eigenvalue weighted by Gasteiger charge is 2.24. The molecule has 0 saturated carbocycles. The summed E-state index contributed by atoms with van der Waals surface area (Å²) in [6.07, 6.45) is 0.157. The zero-order valence-electron chi connectivity index (χ0n) is 17.4. The Balaban J connectivity index is 2.85. The van der Waals surface area contributed by atoms with Gasteiger partial charge in [-0.3, -0.25) is 9.05 Å². The lowest BCUT2D eigenvalue weighted by molar-refractivity contribution is -0.142. The van der Waals surface area contributed by atoms with Crippen molar-refractivity contribution in [2.75, 3.05) is 14.1 Å². The van der Waals surface area contributed by atoms with E-state index in [1.807, 2.05) is 0 Å². The summed E-state index contributed by atoms with van der Waals surface area (Å²) in [5, 5.41) is 0. The lowest BCUT2D eigenvalue weighted by Crippen LogP contribution is -2.07. The van der Waals surface area contributed by atoms with E-state index in [0.717, 1.165) is 18.6 Å². The van der Waals surface area contributed by atoms with Crippen LogP contribution in [0, 0.1) is 0 Å². The Morgan fingerprint density at radius 2 is 1.90 bits per heavy atom. The first-order chi connectivity index (χ1) is 12.2. The van der Waals surface area contributed by atoms with Crippen LogP contribution in [0.3, 0.4) is 0 Å². The van der Waals surface area contributed by atoms with Gasteiger partial charge < -0.3 is 9.26 Å². The van der Waals surface area contributed by atoms with Crippen molar-refractivity contribution in [3.63, 3.8) is 0 Å². The predicted molar refractivity (Wildman–Crippen MR) is 77.4 cm³/mol. The second-order valence-electron chi connectivity index (χ2n) is 3.97. The Kier molecular flexibility index (Phi) is 3.86. The first-order valence-electron chi connectivity index (χ1n) is 8.84. The molecule has 21 heavy (non-hydrogen) atoms. The molecule has 0 aromatic heterocycles. The minimum absolute atomic E-state index is 0.419. The van der Waals surface area contributed by atoms with Gasteiger partial charge in [0.1, 0.15) is 11.9 Å². The number of phosphoric ester groups is 1. The first kappa shape index (κ1) is 10.2. The fraction of sp³-hybridized carbons (Fsp3) is 0.357. The zero-order valence-corrected chi connectivity index (χ0v) is 12.3. The molecule has 0 spiro atoms. The molecule has 0 aliphatic rings. The molecule has 1 aromatic carbocycles. The maximum atomic E-state index is 12.3. The van der Waals surface area contributed by atoms with E-state index >= 15 is 0 Å². The second-order valence-corrected chi connectivity index (χ2v) is 5.41. The largest absolute Gasteiger partial charge is 0.529 e. The molecule has 0 heterocycles. The van der Waals surface area contributed by atoms with E-state index in [1.54, 1.807) is 37.3 Å². The van der Waals surface area contributed by atoms with E-state index in [9.17, 15) is 9.36 Å². The number of rotatable bonds is 7. The maximum absolute atomic E-state index is 12.3. The van der Waals surface area contributed by atoms with Gasteiger partial charge in [-0.1, -0.05) is 30.3 Å². The number of allylic oxidation sites excluding steroid dienone is 1. The van der Waals surface area contributed by atoms with Crippen molar-refractivity contribution < 1.29 is 35.9 Å². The van der Waals surface area contributed by atoms with Crippen LogP contribution in [0.4, 0.5) is 0 Å². The topological polar surface area (TPSA) is 71.1 Å². The van der Waals surface area contributed by atoms with Gasteiger partial charge >= 0.3 is 13.8 Å². The highest BCUT2D eigenvalue weighted by molar-refractivity contribution is 7.48. The van der Waals surface area contributed by atoms with Crippen LogP contribution in [0.25, 0.3) is 0 Å². The van der Waals surface area contributed by atoms with Gasteiger partial charge in [0.2, 0.25) is 0 Å². The molecule has 0 N–H and O–H groups in total. The van der Waals surface area contributed by atoms with Crippen molar-refractivity contribution in [2.24, 2.45) is 0 Å². The van der Waals surface area contributed by atoms with Crippen molar-refractivity contribution >= 4 is 13.8 Å². The Morgan fingerprint density at radius 3 is 2.48 bits per heavy atom. The van der Waals surface area contributed by atoms with Crippen LogP contribution in [0.1, 0.15) is 33.7 Å². The first-order valence-corrected chi connectivity index (χ1v) is 7.30. The Labute approximate surface area is 132 Å². The van der Waals surface area contributed by atoms with Crippen molar-refractivity contribution in [3.05, 3.63) is 47.7 Å². The number of hydrogen-bond donors (Lipinski definition) is 0. The Morgan fingerprint density at radius 1 is 1.29 bits per heavy atom. The Hall–Kier alpha value is -1.62. The van der Waals surface area contributed by atoms with Crippen LogP contribution < -0.4 is 0 Å². The second kappa shape index (κ2) is 7.98. The van der Waals surface area contributed by atoms with Crippen LogP contribution in [-0.4, -0.2) is 20.0 Å². The fourth-order valence-corrected chi connectivity index (χ4v) is 1.94. The monoisotopic (exact) mass is 320 g/mol. The van der Waals surface area contributed by atoms with Gasteiger partial charge in [0, 0.05) is 14.1 Å². The molecule has 1 rings (SSSR count). The number of phosphoric acid groups is 1. The third kappa shape index (κ3) is 5.71. The van der Waals surface area contributed by atoms with E-state index < -0.39 is 39.7 Å². The smallest absolute Gasteiger partial charge is 0.455 e. The molecule has 116 valence electrons. The molecule has 1 atom stereocenters. The van der Waals surface area contributed by atoms with Gasteiger partial charge in [-0.05, 0) is 19.4 Å². The average molecular weight is 320 g/mol. The van der Waals surface area contributed by atoms with E-state index in [2.05, 4.69) is 9.05 Å². The number of hydrogen-bond acceptors (Lipinski definition) is 6. The number of ether oxygens (including phenoxy) is 1. The van der Waals surface area contributed by atoms with Crippen LogP contribution in [0.15, 0.2) is 42.2 Å². The normalized spacial score (nSPS) is 19.0. The summed E-state index contributed by atoms with van der Waals surface area (Å²) < 4.78 is 72.2. The van der Waals surface area contributed by atoms with E-state index in [1.165, 1.54) is 0 Å². The van der Waals surface area contributed by atoms with Crippen LogP contribution in [0.2, 0.25) is 0 Å². The highest BCUT2D eigenvalue weighted by atomic mass is 31.2. The average Bonchev–Trinajstić information content (AvgIpc) is 2.42. The van der Waals surface area contributed by atoms with E-state index in [4.69, 9.17) is 17.5 Å². The lowest BCUT2D eigenvalue weighted by Gasteiger charge is -2.15. The molecule has 0 amide bonds. The summed E-state index contributed by atoms with van der Waals surface area (Å²) in [6.45, 7) is 2.75. The van der Waals surface area contributed by atoms with Crippen LogP contribution in [0.5, 0.6) is 0 Å². The van der Waals surface area contributed by atoms with E-state index in [0.29, 0.717) is 0 Å². The molecule has 6 nitrogen and oxygen atoms in total. The standard InChI is InChI=1S/C14H19O6P/c1-11(20-21(16,17-3)18-4)10-14(15)19-12(2)13-8-6-5-7-9-13/h5-10,12H,1-4H3/b11-10+/i3D3,4D3. The number of carbonyl (C=O) groups excluding carboxylic acids is 1. The van der Waals surface area contributed by atoms with Gasteiger partial charge in [-0.25, -0.2) is 9.36 Å². The van der Waals surface area contributed by atoms with Crippen LogP contribution >= 0.6 is 7.82 Å². The summed E-state index contributed by atoms with van der Waals surface area (Å²) in [5.74, 6) is -1.31. The summed E-state index contributed by atoms with van der Waals surface area (Å²) in [7, 11) is -11.6. The molecule has 0 radical (unpaired) electrons. The lowest BCUT2D eigenvalue weighted by atomic mass is 10.1. The van der Waals surface area contributed by atoms with Crippen LogP contribution in [-0.2, 0) is 27.7 Å². The fourth-order valence-electron chi connectivity index (χ4n) is 1.42. The zero-order chi connectivity index (χ0) is 20.9. The molecular weight excluding hydrogens is 295 g/mol. The van der Waals surface area contributed by atoms with Crippen molar-refractivity contribution in [1.82, 2.24) is 0 Å². The molecule has 0 aliphatic carbocycles. The summed E-state index contributed by atoms with van der Waals surface area (Å²) in [6, 6.07) is 8.81. The quantitative estimate of drug-likeness (QED) is 0.331. The van der Waals surface area contributed by atoms with E-state index in [-0.39, 0.29) is 0 Å². The SMILES string of the molecule is [2H]C([2H])([2H])OP(=O)(O/C(C)=C/C(=O)OC(C)c1ccccc1)OC([2H])([2H])[2H]. The minimum Gasteiger partial charge on any atom is -0.455 e. The van der Waals surface area contributed by atoms with Crippen molar-refractivity contribution in [1.29, 1.82) is 0 Å². The number of carbonyl (C=O) groups is 1. The maximum Gasteiger partial charge on any atom is 0.529 e.